The molecule has 0 saturated carbocycles. The molecular formula is C18H19F2N3O. The summed E-state index contributed by atoms with van der Waals surface area (Å²) in [5.74, 6) is -0.566. The molecule has 24 heavy (non-hydrogen) atoms. The fourth-order valence-electron chi connectivity index (χ4n) is 2.69. The maximum Gasteiger partial charge on any atom is 0.321 e. The Morgan fingerprint density at radius 3 is 2.00 bits per heavy atom. The van der Waals surface area contributed by atoms with E-state index in [1.54, 1.807) is 17.0 Å². The van der Waals surface area contributed by atoms with Gasteiger partial charge in [-0.1, -0.05) is 12.1 Å². The summed E-state index contributed by atoms with van der Waals surface area (Å²) in [4.78, 5) is 16.2. The Kier molecular flexibility index (Phi) is 5.05. The number of benzene rings is 2. The SMILES string of the molecule is O=C(Nc1ccc(F)cc1)N1CCN(Cc2ccc(F)cc2)CC1. The van der Waals surface area contributed by atoms with Gasteiger partial charge in [-0.3, -0.25) is 4.90 Å². The van der Waals surface area contributed by atoms with Crippen molar-refractivity contribution in [2.75, 3.05) is 31.5 Å². The summed E-state index contributed by atoms with van der Waals surface area (Å²) in [6.07, 6.45) is 0. The quantitative estimate of drug-likeness (QED) is 0.936. The number of carbonyl (C=O) groups is 1. The minimum atomic E-state index is -0.331. The van der Waals surface area contributed by atoms with Gasteiger partial charge in [0.25, 0.3) is 0 Å². The molecule has 0 aromatic heterocycles. The lowest BCUT2D eigenvalue weighted by Gasteiger charge is -2.34. The molecule has 1 saturated heterocycles. The molecule has 0 radical (unpaired) electrons. The molecule has 0 aliphatic carbocycles. The number of carbonyl (C=O) groups excluding carboxylic acids is 1. The lowest BCUT2D eigenvalue weighted by Crippen LogP contribution is -2.49. The Balaban J connectivity index is 1.48. The molecule has 1 fully saturated rings. The van der Waals surface area contributed by atoms with Gasteiger partial charge in [-0.25, -0.2) is 13.6 Å². The van der Waals surface area contributed by atoms with Crippen molar-refractivity contribution >= 4 is 11.7 Å². The van der Waals surface area contributed by atoms with E-state index < -0.39 is 0 Å². The van der Waals surface area contributed by atoms with Gasteiger partial charge in [0.1, 0.15) is 11.6 Å². The van der Waals surface area contributed by atoms with Gasteiger partial charge < -0.3 is 10.2 Å². The number of nitrogens with one attached hydrogen (secondary N) is 1. The fourth-order valence-corrected chi connectivity index (χ4v) is 2.69. The summed E-state index contributed by atoms with van der Waals surface area (Å²) in [6.45, 7) is 3.50. The minimum Gasteiger partial charge on any atom is -0.322 e. The van der Waals surface area contributed by atoms with Crippen molar-refractivity contribution in [3.63, 3.8) is 0 Å². The smallest absolute Gasteiger partial charge is 0.321 e. The van der Waals surface area contributed by atoms with Crippen molar-refractivity contribution in [2.24, 2.45) is 0 Å². The number of amides is 2. The van der Waals surface area contributed by atoms with Crippen LogP contribution >= 0.6 is 0 Å². The summed E-state index contributed by atoms with van der Waals surface area (Å²) < 4.78 is 25.8. The molecule has 2 amide bonds. The number of hydrogen-bond acceptors (Lipinski definition) is 2. The third kappa shape index (κ3) is 4.29. The molecule has 1 aliphatic rings. The molecule has 1 heterocycles. The third-order valence-electron chi connectivity index (χ3n) is 4.07. The normalized spacial score (nSPS) is 15.3. The van der Waals surface area contributed by atoms with Crippen LogP contribution in [-0.2, 0) is 6.54 Å². The minimum absolute atomic E-state index is 0.178. The molecule has 4 nitrogen and oxygen atoms in total. The predicted octanol–water partition coefficient (Wildman–Crippen LogP) is 3.31. The molecule has 2 aromatic rings. The van der Waals surface area contributed by atoms with E-state index in [0.717, 1.165) is 25.2 Å². The van der Waals surface area contributed by atoms with Crippen molar-refractivity contribution < 1.29 is 13.6 Å². The predicted molar refractivity (Wildman–Crippen MR) is 88.7 cm³/mol. The summed E-state index contributed by atoms with van der Waals surface area (Å²) in [6, 6.07) is 12.0. The topological polar surface area (TPSA) is 35.6 Å². The number of halogens is 2. The molecule has 3 rings (SSSR count). The average Bonchev–Trinajstić information content (AvgIpc) is 2.59. The zero-order chi connectivity index (χ0) is 16.9. The zero-order valence-corrected chi connectivity index (χ0v) is 13.2. The van der Waals surface area contributed by atoms with Crippen LogP contribution in [0.2, 0.25) is 0 Å². The van der Waals surface area contributed by atoms with E-state index in [1.807, 2.05) is 0 Å². The maximum atomic E-state index is 12.9. The van der Waals surface area contributed by atoms with E-state index >= 15 is 0 Å². The number of hydrogen-bond donors (Lipinski definition) is 1. The van der Waals surface area contributed by atoms with E-state index in [9.17, 15) is 13.6 Å². The molecule has 0 bridgehead atoms. The molecular weight excluding hydrogens is 312 g/mol. The highest BCUT2D eigenvalue weighted by Crippen LogP contribution is 2.12. The van der Waals surface area contributed by atoms with Crippen LogP contribution in [0.4, 0.5) is 19.3 Å². The van der Waals surface area contributed by atoms with Crippen LogP contribution in [0.25, 0.3) is 0 Å². The highest BCUT2D eigenvalue weighted by atomic mass is 19.1. The van der Waals surface area contributed by atoms with Crippen LogP contribution < -0.4 is 5.32 Å². The second kappa shape index (κ2) is 7.40. The number of urea groups is 1. The van der Waals surface area contributed by atoms with Gasteiger partial charge in [0.15, 0.2) is 0 Å². The Labute approximate surface area is 139 Å². The van der Waals surface area contributed by atoms with Crippen molar-refractivity contribution in [3.8, 4) is 0 Å². The Hall–Kier alpha value is -2.47. The first-order valence-electron chi connectivity index (χ1n) is 7.88. The number of piperazine rings is 1. The van der Waals surface area contributed by atoms with Crippen LogP contribution in [0.5, 0.6) is 0 Å². The van der Waals surface area contributed by atoms with Crippen LogP contribution in [0.15, 0.2) is 48.5 Å². The largest absolute Gasteiger partial charge is 0.322 e. The average molecular weight is 331 g/mol. The van der Waals surface area contributed by atoms with E-state index in [1.165, 1.54) is 36.4 Å². The van der Waals surface area contributed by atoms with Crippen molar-refractivity contribution in [1.82, 2.24) is 9.80 Å². The monoisotopic (exact) mass is 331 g/mol. The second-order valence-corrected chi connectivity index (χ2v) is 5.83. The van der Waals surface area contributed by atoms with Gasteiger partial charge >= 0.3 is 6.03 Å². The lowest BCUT2D eigenvalue weighted by molar-refractivity contribution is 0.143. The van der Waals surface area contributed by atoms with Gasteiger partial charge in [-0.2, -0.15) is 0 Å². The lowest BCUT2D eigenvalue weighted by atomic mass is 10.2. The van der Waals surface area contributed by atoms with Gasteiger partial charge in [0.2, 0.25) is 0 Å². The zero-order valence-electron chi connectivity index (χ0n) is 13.2. The molecule has 126 valence electrons. The van der Waals surface area contributed by atoms with Gasteiger partial charge in [0, 0.05) is 38.4 Å². The Morgan fingerprint density at radius 2 is 1.42 bits per heavy atom. The van der Waals surface area contributed by atoms with Crippen LogP contribution in [0, 0.1) is 11.6 Å². The van der Waals surface area contributed by atoms with E-state index in [2.05, 4.69) is 10.2 Å². The van der Waals surface area contributed by atoms with Crippen LogP contribution in [-0.4, -0.2) is 42.0 Å². The number of anilines is 1. The van der Waals surface area contributed by atoms with E-state index in [0.29, 0.717) is 18.8 Å². The van der Waals surface area contributed by atoms with Crippen molar-refractivity contribution in [3.05, 3.63) is 65.7 Å². The van der Waals surface area contributed by atoms with Crippen LogP contribution in [0.3, 0.4) is 0 Å². The molecule has 6 heteroatoms. The standard InChI is InChI=1S/C18H19F2N3O/c19-15-3-1-14(2-4-15)13-22-9-11-23(12-10-22)18(24)21-17-7-5-16(20)6-8-17/h1-8H,9-13H2,(H,21,24). The molecule has 1 aliphatic heterocycles. The molecule has 0 unspecified atom stereocenters. The Bertz CT molecular complexity index is 680. The molecule has 2 aromatic carbocycles. The first-order valence-corrected chi connectivity index (χ1v) is 7.88. The summed E-state index contributed by atoms with van der Waals surface area (Å²) in [7, 11) is 0. The third-order valence-corrected chi connectivity index (χ3v) is 4.07. The Morgan fingerprint density at radius 1 is 0.875 bits per heavy atom. The fraction of sp³-hybridized carbons (Fsp3) is 0.278. The summed E-state index contributed by atoms with van der Waals surface area (Å²) >= 11 is 0. The maximum absolute atomic E-state index is 12.9. The molecule has 0 atom stereocenters. The highest BCUT2D eigenvalue weighted by molar-refractivity contribution is 5.89. The van der Waals surface area contributed by atoms with Crippen molar-refractivity contribution in [1.29, 1.82) is 0 Å². The summed E-state index contributed by atoms with van der Waals surface area (Å²) in [5, 5.41) is 2.77. The first kappa shape index (κ1) is 16.4. The second-order valence-electron chi connectivity index (χ2n) is 5.83. The van der Waals surface area contributed by atoms with Crippen molar-refractivity contribution in [2.45, 2.75) is 6.54 Å². The first-order chi connectivity index (χ1) is 11.6. The van der Waals surface area contributed by atoms with Gasteiger partial charge in [-0.15, -0.1) is 0 Å². The molecule has 1 N–H and O–H groups in total. The van der Waals surface area contributed by atoms with Gasteiger partial charge in [0.05, 0.1) is 0 Å². The van der Waals surface area contributed by atoms with Gasteiger partial charge in [-0.05, 0) is 42.0 Å². The van der Waals surface area contributed by atoms with E-state index in [4.69, 9.17) is 0 Å². The van der Waals surface area contributed by atoms with Crippen LogP contribution in [0.1, 0.15) is 5.56 Å². The highest BCUT2D eigenvalue weighted by Gasteiger charge is 2.21. The number of nitrogens with zero attached hydrogens (tertiary/aromatic N) is 2. The summed E-state index contributed by atoms with van der Waals surface area (Å²) in [5.41, 5.74) is 1.63. The van der Waals surface area contributed by atoms with E-state index in [-0.39, 0.29) is 17.7 Å². The number of rotatable bonds is 3. The molecule has 0 spiro atoms.